The average molecular weight is 318 g/mol. The lowest BCUT2D eigenvalue weighted by Crippen LogP contribution is -2.53. The Hall–Kier alpha value is -1.91. The van der Waals surface area contributed by atoms with Crippen LogP contribution in [0.5, 0.6) is 0 Å². The van der Waals surface area contributed by atoms with Crippen LogP contribution in [0.2, 0.25) is 0 Å². The molecule has 0 heterocycles. The van der Waals surface area contributed by atoms with Gasteiger partial charge in [-0.25, -0.2) is 4.39 Å². The van der Waals surface area contributed by atoms with Gasteiger partial charge >= 0.3 is 0 Å². The molecule has 0 aliphatic heterocycles. The van der Waals surface area contributed by atoms with Crippen molar-refractivity contribution >= 4 is 11.8 Å². The molecular formula is C18H23FN2O2. The predicted octanol–water partition coefficient (Wildman–Crippen LogP) is 2.64. The van der Waals surface area contributed by atoms with E-state index < -0.39 is 0 Å². The smallest absolute Gasteiger partial charge is 0.251 e. The molecule has 2 amide bonds. The van der Waals surface area contributed by atoms with E-state index in [0.717, 1.165) is 19.3 Å². The van der Waals surface area contributed by atoms with E-state index in [1.54, 1.807) is 0 Å². The molecule has 4 nitrogen and oxygen atoms in total. The first-order valence-corrected chi connectivity index (χ1v) is 8.44. The Labute approximate surface area is 135 Å². The zero-order valence-corrected chi connectivity index (χ0v) is 13.2. The molecular weight excluding hydrogens is 295 g/mol. The van der Waals surface area contributed by atoms with Gasteiger partial charge in [-0.05, 0) is 55.9 Å². The highest BCUT2D eigenvalue weighted by molar-refractivity contribution is 5.94. The van der Waals surface area contributed by atoms with Crippen molar-refractivity contribution in [3.8, 4) is 0 Å². The van der Waals surface area contributed by atoms with Gasteiger partial charge in [0.2, 0.25) is 5.91 Å². The van der Waals surface area contributed by atoms with Crippen LogP contribution in [0.3, 0.4) is 0 Å². The SMILES string of the molecule is O=C(NCCNC(=O)C1(C2CCC2)CCC1)c1ccc(F)cc1. The molecule has 5 heteroatoms. The van der Waals surface area contributed by atoms with Crippen LogP contribution >= 0.6 is 0 Å². The minimum Gasteiger partial charge on any atom is -0.354 e. The first-order chi connectivity index (χ1) is 11.1. The van der Waals surface area contributed by atoms with Gasteiger partial charge in [-0.15, -0.1) is 0 Å². The van der Waals surface area contributed by atoms with Gasteiger partial charge in [0, 0.05) is 18.7 Å². The summed E-state index contributed by atoms with van der Waals surface area (Å²) in [4.78, 5) is 24.4. The monoisotopic (exact) mass is 318 g/mol. The number of hydrogen-bond acceptors (Lipinski definition) is 2. The van der Waals surface area contributed by atoms with Gasteiger partial charge in [-0.3, -0.25) is 9.59 Å². The minimum absolute atomic E-state index is 0.126. The van der Waals surface area contributed by atoms with E-state index in [4.69, 9.17) is 0 Å². The maximum absolute atomic E-state index is 12.8. The Morgan fingerprint density at radius 3 is 2.22 bits per heavy atom. The van der Waals surface area contributed by atoms with Crippen LogP contribution in [0.4, 0.5) is 4.39 Å². The van der Waals surface area contributed by atoms with Crippen molar-refractivity contribution in [3.05, 3.63) is 35.6 Å². The highest BCUT2D eigenvalue weighted by Gasteiger charge is 2.51. The second-order valence-electron chi connectivity index (χ2n) is 6.66. The zero-order chi connectivity index (χ0) is 16.3. The van der Waals surface area contributed by atoms with Crippen LogP contribution in [-0.4, -0.2) is 24.9 Å². The van der Waals surface area contributed by atoms with Crippen LogP contribution in [-0.2, 0) is 4.79 Å². The van der Waals surface area contributed by atoms with Crippen molar-refractivity contribution in [2.45, 2.75) is 38.5 Å². The molecule has 0 radical (unpaired) electrons. The maximum atomic E-state index is 12.8. The summed E-state index contributed by atoms with van der Waals surface area (Å²) in [6.45, 7) is 0.808. The van der Waals surface area contributed by atoms with E-state index in [0.29, 0.717) is 24.6 Å². The fourth-order valence-corrected chi connectivity index (χ4v) is 3.57. The molecule has 2 fully saturated rings. The van der Waals surface area contributed by atoms with Gasteiger partial charge in [-0.2, -0.15) is 0 Å². The average Bonchev–Trinajstić information content (AvgIpc) is 2.45. The van der Waals surface area contributed by atoms with Gasteiger partial charge in [0.1, 0.15) is 5.82 Å². The lowest BCUT2D eigenvalue weighted by atomic mass is 9.54. The van der Waals surface area contributed by atoms with Crippen LogP contribution in [0.1, 0.15) is 48.9 Å². The highest BCUT2D eigenvalue weighted by Crippen LogP contribution is 2.54. The van der Waals surface area contributed by atoms with Gasteiger partial charge in [-0.1, -0.05) is 12.8 Å². The molecule has 2 saturated carbocycles. The van der Waals surface area contributed by atoms with Crippen LogP contribution in [0.25, 0.3) is 0 Å². The summed E-state index contributed by atoms with van der Waals surface area (Å²) in [6, 6.07) is 5.41. The fraction of sp³-hybridized carbons (Fsp3) is 0.556. The first kappa shape index (κ1) is 16.0. The molecule has 23 heavy (non-hydrogen) atoms. The topological polar surface area (TPSA) is 58.2 Å². The second-order valence-corrected chi connectivity index (χ2v) is 6.66. The summed E-state index contributed by atoms with van der Waals surface area (Å²) in [5, 5.41) is 5.72. The second kappa shape index (κ2) is 6.69. The molecule has 0 unspecified atom stereocenters. The third kappa shape index (κ3) is 3.23. The minimum atomic E-state index is -0.365. The molecule has 2 aliphatic rings. The predicted molar refractivity (Wildman–Crippen MR) is 85.4 cm³/mol. The van der Waals surface area contributed by atoms with E-state index in [2.05, 4.69) is 10.6 Å². The van der Waals surface area contributed by atoms with Crippen molar-refractivity contribution in [1.82, 2.24) is 10.6 Å². The summed E-state index contributed by atoms with van der Waals surface area (Å²) in [5.74, 6) is 0.0988. The number of hydrogen-bond donors (Lipinski definition) is 2. The lowest BCUT2D eigenvalue weighted by molar-refractivity contribution is -0.144. The Morgan fingerprint density at radius 1 is 1.04 bits per heavy atom. The van der Waals surface area contributed by atoms with Crippen LogP contribution < -0.4 is 10.6 Å². The number of rotatable bonds is 6. The van der Waals surface area contributed by atoms with Crippen molar-refractivity contribution < 1.29 is 14.0 Å². The van der Waals surface area contributed by atoms with Crippen molar-refractivity contribution in [1.29, 1.82) is 0 Å². The van der Waals surface area contributed by atoms with Crippen LogP contribution in [0.15, 0.2) is 24.3 Å². The third-order valence-corrected chi connectivity index (χ3v) is 5.39. The molecule has 0 atom stereocenters. The van der Waals surface area contributed by atoms with Crippen LogP contribution in [0, 0.1) is 17.2 Å². The third-order valence-electron chi connectivity index (χ3n) is 5.39. The van der Waals surface area contributed by atoms with Crippen molar-refractivity contribution in [3.63, 3.8) is 0 Å². The van der Waals surface area contributed by atoms with E-state index >= 15 is 0 Å². The quantitative estimate of drug-likeness (QED) is 0.792. The molecule has 3 rings (SSSR count). The molecule has 2 N–H and O–H groups in total. The number of benzene rings is 1. The Balaban J connectivity index is 1.41. The Morgan fingerprint density at radius 2 is 1.70 bits per heavy atom. The highest BCUT2D eigenvalue weighted by atomic mass is 19.1. The maximum Gasteiger partial charge on any atom is 0.251 e. The van der Waals surface area contributed by atoms with Crippen molar-refractivity contribution in [2.24, 2.45) is 11.3 Å². The molecule has 0 bridgehead atoms. The number of carbonyl (C=O) groups is 2. The summed E-state index contributed by atoms with van der Waals surface area (Å²) < 4.78 is 12.8. The zero-order valence-electron chi connectivity index (χ0n) is 13.2. The van der Waals surface area contributed by atoms with E-state index in [-0.39, 0.29) is 23.0 Å². The van der Waals surface area contributed by atoms with Crippen molar-refractivity contribution in [2.75, 3.05) is 13.1 Å². The van der Waals surface area contributed by atoms with Gasteiger partial charge in [0.25, 0.3) is 5.91 Å². The number of nitrogens with one attached hydrogen (secondary N) is 2. The standard InChI is InChI=1S/C18H23FN2O2/c19-15-7-5-13(6-8-15)16(22)20-11-12-21-17(23)18(9-2-10-18)14-3-1-4-14/h5-8,14H,1-4,9-12H2,(H,20,22)(H,21,23). The Kier molecular flexibility index (Phi) is 4.64. The molecule has 0 saturated heterocycles. The Bertz CT molecular complexity index is 577. The molecule has 0 aromatic heterocycles. The molecule has 2 aliphatic carbocycles. The number of halogens is 1. The van der Waals surface area contributed by atoms with Gasteiger partial charge in [0.15, 0.2) is 0 Å². The largest absolute Gasteiger partial charge is 0.354 e. The lowest BCUT2D eigenvalue weighted by Gasteiger charge is -2.50. The summed E-state index contributed by atoms with van der Waals surface area (Å²) in [7, 11) is 0. The van der Waals surface area contributed by atoms with Gasteiger partial charge in [0.05, 0.1) is 5.41 Å². The van der Waals surface area contributed by atoms with E-state index in [1.165, 1.54) is 43.5 Å². The summed E-state index contributed by atoms with van der Waals surface area (Å²) in [6.07, 6.45) is 6.75. The van der Waals surface area contributed by atoms with E-state index in [9.17, 15) is 14.0 Å². The van der Waals surface area contributed by atoms with E-state index in [1.807, 2.05) is 0 Å². The summed E-state index contributed by atoms with van der Waals surface area (Å²) in [5.41, 5.74) is 0.293. The molecule has 1 aromatic carbocycles. The number of carbonyl (C=O) groups excluding carboxylic acids is 2. The van der Waals surface area contributed by atoms with Gasteiger partial charge < -0.3 is 10.6 Å². The normalized spacial score (nSPS) is 19.3. The summed E-state index contributed by atoms with van der Waals surface area (Å²) >= 11 is 0. The first-order valence-electron chi connectivity index (χ1n) is 8.44. The molecule has 124 valence electrons. The number of amides is 2. The fourth-order valence-electron chi connectivity index (χ4n) is 3.57. The molecule has 0 spiro atoms. The molecule has 1 aromatic rings.